The highest BCUT2D eigenvalue weighted by atomic mass is 16.3. The summed E-state index contributed by atoms with van der Waals surface area (Å²) in [6, 6.07) is 6.56. The average molecular weight is 262 g/mol. The first-order chi connectivity index (χ1) is 9.08. The lowest BCUT2D eigenvalue weighted by molar-refractivity contribution is -0.119. The molecule has 102 valence electrons. The lowest BCUT2D eigenvalue weighted by atomic mass is 10.2. The van der Waals surface area contributed by atoms with E-state index in [9.17, 15) is 9.59 Å². The fourth-order valence-corrected chi connectivity index (χ4v) is 1.38. The van der Waals surface area contributed by atoms with Crippen LogP contribution in [0.3, 0.4) is 0 Å². The molecule has 0 saturated heterocycles. The van der Waals surface area contributed by atoms with Crippen molar-refractivity contribution < 1.29 is 14.7 Å². The molecule has 1 aromatic carbocycles. The minimum atomic E-state index is -0.184. The molecule has 0 fully saturated rings. The van der Waals surface area contributed by atoms with Gasteiger partial charge in [0.1, 0.15) is 5.75 Å². The second-order valence-electron chi connectivity index (χ2n) is 4.05. The van der Waals surface area contributed by atoms with Crippen LogP contribution in [0.4, 0.5) is 0 Å². The van der Waals surface area contributed by atoms with Crippen molar-refractivity contribution >= 4 is 17.9 Å². The van der Waals surface area contributed by atoms with Gasteiger partial charge in [0.05, 0.1) is 0 Å². The Morgan fingerprint density at radius 3 is 2.42 bits per heavy atom. The van der Waals surface area contributed by atoms with Crippen LogP contribution in [-0.4, -0.2) is 30.0 Å². The van der Waals surface area contributed by atoms with Gasteiger partial charge in [-0.3, -0.25) is 9.59 Å². The van der Waals surface area contributed by atoms with Crippen molar-refractivity contribution in [1.29, 1.82) is 0 Å². The van der Waals surface area contributed by atoms with Gasteiger partial charge in [-0.25, -0.2) is 0 Å². The van der Waals surface area contributed by atoms with E-state index in [2.05, 4.69) is 10.6 Å². The van der Waals surface area contributed by atoms with Crippen LogP contribution in [-0.2, 0) is 9.59 Å². The van der Waals surface area contributed by atoms with E-state index >= 15 is 0 Å². The minimum Gasteiger partial charge on any atom is -0.508 e. The van der Waals surface area contributed by atoms with Crippen molar-refractivity contribution in [2.24, 2.45) is 0 Å². The smallest absolute Gasteiger partial charge is 0.244 e. The number of hydrogen-bond acceptors (Lipinski definition) is 3. The molecular formula is C14H18N2O3. The van der Waals surface area contributed by atoms with Gasteiger partial charge in [-0.2, -0.15) is 0 Å². The maximum atomic E-state index is 11.4. The molecule has 2 amide bonds. The molecule has 0 aromatic heterocycles. The number of carbonyl (C=O) groups excluding carboxylic acids is 2. The standard InChI is InChI=1S/C14H18N2O3/c1-11(17)15-9-2-10-16-14(19)8-5-12-3-6-13(18)7-4-12/h3-8,18H,2,9-10H2,1H3,(H,15,17)(H,16,19)/b8-5+. The number of phenols is 1. The fraction of sp³-hybridized carbons (Fsp3) is 0.286. The third-order valence-corrected chi connectivity index (χ3v) is 2.35. The molecular weight excluding hydrogens is 244 g/mol. The first kappa shape index (κ1) is 14.8. The zero-order valence-corrected chi connectivity index (χ0v) is 10.8. The van der Waals surface area contributed by atoms with Crippen molar-refractivity contribution in [3.05, 3.63) is 35.9 Å². The van der Waals surface area contributed by atoms with Gasteiger partial charge in [-0.05, 0) is 30.2 Å². The van der Waals surface area contributed by atoms with E-state index in [4.69, 9.17) is 5.11 Å². The Morgan fingerprint density at radius 2 is 1.79 bits per heavy atom. The number of hydrogen-bond donors (Lipinski definition) is 3. The Morgan fingerprint density at radius 1 is 1.16 bits per heavy atom. The number of benzene rings is 1. The molecule has 1 aromatic rings. The van der Waals surface area contributed by atoms with Crippen LogP contribution in [0.5, 0.6) is 5.75 Å². The quantitative estimate of drug-likeness (QED) is 0.529. The molecule has 0 saturated carbocycles. The van der Waals surface area contributed by atoms with Crippen LogP contribution in [0.15, 0.2) is 30.3 Å². The zero-order valence-electron chi connectivity index (χ0n) is 10.8. The molecule has 5 heteroatoms. The van der Waals surface area contributed by atoms with E-state index < -0.39 is 0 Å². The maximum absolute atomic E-state index is 11.4. The van der Waals surface area contributed by atoms with E-state index in [0.29, 0.717) is 19.5 Å². The molecule has 0 radical (unpaired) electrons. The Bertz CT molecular complexity index is 452. The molecule has 0 bridgehead atoms. The molecule has 0 heterocycles. The molecule has 0 unspecified atom stereocenters. The van der Waals surface area contributed by atoms with Gasteiger partial charge in [-0.15, -0.1) is 0 Å². The van der Waals surface area contributed by atoms with Crippen LogP contribution >= 0.6 is 0 Å². The highest BCUT2D eigenvalue weighted by Crippen LogP contribution is 2.10. The summed E-state index contributed by atoms with van der Waals surface area (Å²) in [6.45, 7) is 2.52. The summed E-state index contributed by atoms with van der Waals surface area (Å²) < 4.78 is 0. The monoisotopic (exact) mass is 262 g/mol. The Balaban J connectivity index is 2.23. The SMILES string of the molecule is CC(=O)NCCCNC(=O)/C=C/c1ccc(O)cc1. The number of amides is 2. The van der Waals surface area contributed by atoms with Crippen LogP contribution in [0.25, 0.3) is 6.08 Å². The average Bonchev–Trinajstić information content (AvgIpc) is 2.37. The molecule has 19 heavy (non-hydrogen) atoms. The van der Waals surface area contributed by atoms with Gasteiger partial charge in [0.25, 0.3) is 0 Å². The number of rotatable bonds is 6. The van der Waals surface area contributed by atoms with Gasteiger partial charge in [0, 0.05) is 26.1 Å². The summed E-state index contributed by atoms with van der Waals surface area (Å²) in [5.74, 6) is -0.0611. The van der Waals surface area contributed by atoms with Crippen LogP contribution < -0.4 is 10.6 Å². The Kier molecular flexibility index (Phi) is 6.15. The predicted octanol–water partition coefficient (Wildman–Crippen LogP) is 1.05. The van der Waals surface area contributed by atoms with Crippen molar-refractivity contribution in [1.82, 2.24) is 10.6 Å². The molecule has 1 rings (SSSR count). The first-order valence-corrected chi connectivity index (χ1v) is 6.07. The highest BCUT2D eigenvalue weighted by Gasteiger charge is 1.96. The number of nitrogens with one attached hydrogen (secondary N) is 2. The van der Waals surface area contributed by atoms with Gasteiger partial charge in [0.15, 0.2) is 0 Å². The van der Waals surface area contributed by atoms with Gasteiger partial charge in [-0.1, -0.05) is 12.1 Å². The van der Waals surface area contributed by atoms with Gasteiger partial charge >= 0.3 is 0 Å². The summed E-state index contributed by atoms with van der Waals surface area (Å²) in [5.41, 5.74) is 0.839. The third-order valence-electron chi connectivity index (χ3n) is 2.35. The number of phenolic OH excluding ortho intramolecular Hbond substituents is 1. The van der Waals surface area contributed by atoms with E-state index in [1.54, 1.807) is 30.3 Å². The summed E-state index contributed by atoms with van der Waals surface area (Å²) in [7, 11) is 0. The van der Waals surface area contributed by atoms with E-state index in [1.165, 1.54) is 13.0 Å². The summed E-state index contributed by atoms with van der Waals surface area (Å²) in [5, 5.41) is 14.5. The van der Waals surface area contributed by atoms with E-state index in [1.807, 2.05) is 0 Å². The summed E-state index contributed by atoms with van der Waals surface area (Å²) in [6.07, 6.45) is 3.80. The predicted molar refractivity (Wildman–Crippen MR) is 73.5 cm³/mol. The molecule has 3 N–H and O–H groups in total. The second-order valence-corrected chi connectivity index (χ2v) is 4.05. The van der Waals surface area contributed by atoms with Crippen molar-refractivity contribution in [2.45, 2.75) is 13.3 Å². The maximum Gasteiger partial charge on any atom is 0.244 e. The Hall–Kier alpha value is -2.30. The van der Waals surface area contributed by atoms with Crippen molar-refractivity contribution in [2.75, 3.05) is 13.1 Å². The molecule has 0 atom stereocenters. The third kappa shape index (κ3) is 6.88. The lowest BCUT2D eigenvalue weighted by Gasteiger charge is -2.02. The Labute approximate surface area is 112 Å². The van der Waals surface area contributed by atoms with Gasteiger partial charge < -0.3 is 15.7 Å². The van der Waals surface area contributed by atoms with E-state index in [-0.39, 0.29) is 17.6 Å². The summed E-state index contributed by atoms with van der Waals surface area (Å²) in [4.78, 5) is 22.0. The molecule has 0 aliphatic rings. The molecule has 5 nitrogen and oxygen atoms in total. The first-order valence-electron chi connectivity index (χ1n) is 6.07. The van der Waals surface area contributed by atoms with Crippen molar-refractivity contribution in [3.63, 3.8) is 0 Å². The lowest BCUT2D eigenvalue weighted by Crippen LogP contribution is -2.27. The minimum absolute atomic E-state index is 0.0708. The topological polar surface area (TPSA) is 78.4 Å². The number of carbonyl (C=O) groups is 2. The highest BCUT2D eigenvalue weighted by molar-refractivity contribution is 5.91. The van der Waals surface area contributed by atoms with Crippen LogP contribution in [0.1, 0.15) is 18.9 Å². The van der Waals surface area contributed by atoms with Crippen molar-refractivity contribution in [3.8, 4) is 5.75 Å². The molecule has 0 aliphatic carbocycles. The second kappa shape index (κ2) is 7.92. The van der Waals surface area contributed by atoms with E-state index in [0.717, 1.165) is 5.56 Å². The normalized spacial score (nSPS) is 10.4. The van der Waals surface area contributed by atoms with Crippen LogP contribution in [0.2, 0.25) is 0 Å². The zero-order chi connectivity index (χ0) is 14.1. The largest absolute Gasteiger partial charge is 0.508 e. The fourth-order valence-electron chi connectivity index (χ4n) is 1.38. The van der Waals surface area contributed by atoms with Crippen LogP contribution in [0, 0.1) is 0 Å². The summed E-state index contributed by atoms with van der Waals surface area (Å²) >= 11 is 0. The molecule has 0 spiro atoms. The number of aromatic hydroxyl groups is 1. The van der Waals surface area contributed by atoms with Gasteiger partial charge in [0.2, 0.25) is 11.8 Å². The molecule has 0 aliphatic heterocycles.